The number of amides is 2. The Morgan fingerprint density at radius 2 is 1.64 bits per heavy atom. The van der Waals surface area contributed by atoms with Gasteiger partial charge in [0.1, 0.15) is 10.3 Å². The molecule has 0 bridgehead atoms. The number of halogens is 1. The summed E-state index contributed by atoms with van der Waals surface area (Å²) in [6.07, 6.45) is 2.66. The molecule has 2 aromatic carbocycles. The van der Waals surface area contributed by atoms with Gasteiger partial charge in [-0.2, -0.15) is 9.03 Å². The third kappa shape index (κ3) is 7.14. The number of sulfonamides is 2. The van der Waals surface area contributed by atoms with E-state index in [2.05, 4.69) is 25.6 Å². The van der Waals surface area contributed by atoms with E-state index in [1.54, 1.807) is 29.6 Å². The topological polar surface area (TPSA) is 127 Å². The SMILES string of the molecule is O=C1C(NS(=O)(=O)c2ccc3cc(Br)ccc3c2)CCCN1CC(=O)N1CCCC1CN1CCN(S(=O)(=O)c2cccs2)CC1. The first-order valence-electron chi connectivity index (χ1n) is 15.1. The van der Waals surface area contributed by atoms with Gasteiger partial charge in [-0.25, -0.2) is 16.8 Å². The van der Waals surface area contributed by atoms with Crippen LogP contribution in [0.1, 0.15) is 25.7 Å². The highest BCUT2D eigenvalue weighted by molar-refractivity contribution is 9.10. The van der Waals surface area contributed by atoms with Gasteiger partial charge >= 0.3 is 0 Å². The van der Waals surface area contributed by atoms with Gasteiger partial charge in [-0.15, -0.1) is 11.3 Å². The van der Waals surface area contributed by atoms with Gasteiger partial charge in [-0.3, -0.25) is 14.5 Å². The fraction of sp³-hybridized carbons (Fsp3) is 0.467. The van der Waals surface area contributed by atoms with Crippen molar-refractivity contribution < 1.29 is 26.4 Å². The number of benzene rings is 2. The van der Waals surface area contributed by atoms with E-state index in [0.29, 0.717) is 62.9 Å². The standard InChI is InChI=1S/C30H36BrN5O6S3/c31-24-9-7-23-19-26(10-8-22(23)18-24)44(39,40)32-27-5-2-11-34(30(27)38)21-28(37)36-12-1-4-25(36)20-33-13-15-35(16-14-33)45(41,42)29-6-3-17-43-29/h3,6-10,17-19,25,27,32H,1-2,4-5,11-16,20-21H2. The van der Waals surface area contributed by atoms with Crippen LogP contribution in [0.25, 0.3) is 10.8 Å². The molecule has 3 aliphatic rings. The molecule has 242 valence electrons. The summed E-state index contributed by atoms with van der Waals surface area (Å²) in [6, 6.07) is 12.9. The molecule has 15 heteroatoms. The van der Waals surface area contributed by atoms with Crippen molar-refractivity contribution in [3.8, 4) is 0 Å². The Labute approximate surface area is 276 Å². The van der Waals surface area contributed by atoms with Crippen LogP contribution in [-0.4, -0.2) is 112 Å². The predicted octanol–water partition coefficient (Wildman–Crippen LogP) is 2.93. The molecule has 0 aliphatic carbocycles. The molecule has 3 aromatic rings. The summed E-state index contributed by atoms with van der Waals surface area (Å²) in [6.45, 7) is 3.53. The van der Waals surface area contributed by atoms with Gasteiger partial charge < -0.3 is 9.80 Å². The Morgan fingerprint density at radius 1 is 0.911 bits per heavy atom. The summed E-state index contributed by atoms with van der Waals surface area (Å²) in [4.78, 5) is 32.5. The van der Waals surface area contributed by atoms with Crippen LogP contribution in [0, 0.1) is 0 Å². The minimum Gasteiger partial charge on any atom is -0.337 e. The van der Waals surface area contributed by atoms with E-state index in [0.717, 1.165) is 28.1 Å². The quantitative estimate of drug-likeness (QED) is 0.358. The first kappa shape index (κ1) is 32.5. The van der Waals surface area contributed by atoms with Gasteiger partial charge in [0.05, 0.1) is 11.4 Å². The molecule has 2 unspecified atom stereocenters. The third-order valence-corrected chi connectivity index (χ3v) is 14.1. The van der Waals surface area contributed by atoms with E-state index in [9.17, 15) is 26.4 Å². The van der Waals surface area contributed by atoms with Crippen molar-refractivity contribution in [2.75, 3.05) is 52.4 Å². The van der Waals surface area contributed by atoms with E-state index >= 15 is 0 Å². The Hall–Kier alpha value is -2.40. The first-order chi connectivity index (χ1) is 21.5. The molecule has 1 aromatic heterocycles. The maximum Gasteiger partial charge on any atom is 0.252 e. The van der Waals surface area contributed by atoms with E-state index in [1.165, 1.54) is 26.6 Å². The normalized spacial score (nSPS) is 22.4. The van der Waals surface area contributed by atoms with Gasteiger partial charge in [0, 0.05) is 56.3 Å². The summed E-state index contributed by atoms with van der Waals surface area (Å²) < 4.78 is 57.6. The van der Waals surface area contributed by atoms with Crippen molar-refractivity contribution in [1.82, 2.24) is 23.7 Å². The lowest BCUT2D eigenvalue weighted by Gasteiger charge is -2.37. The van der Waals surface area contributed by atoms with Crippen molar-refractivity contribution in [3.05, 3.63) is 58.4 Å². The van der Waals surface area contributed by atoms with Crippen molar-refractivity contribution in [2.45, 2.75) is 46.9 Å². The maximum absolute atomic E-state index is 13.5. The molecule has 0 saturated carbocycles. The molecule has 3 saturated heterocycles. The maximum atomic E-state index is 13.5. The number of carbonyl (C=O) groups is 2. The summed E-state index contributed by atoms with van der Waals surface area (Å²) >= 11 is 4.64. The van der Waals surface area contributed by atoms with E-state index in [-0.39, 0.29) is 29.3 Å². The number of nitrogens with zero attached hydrogens (tertiary/aromatic N) is 4. The van der Waals surface area contributed by atoms with Gasteiger partial charge in [0.15, 0.2) is 0 Å². The van der Waals surface area contributed by atoms with Crippen LogP contribution < -0.4 is 4.72 Å². The number of nitrogens with one attached hydrogen (secondary N) is 1. The van der Waals surface area contributed by atoms with Gasteiger partial charge in [-0.05, 0) is 72.2 Å². The lowest BCUT2D eigenvalue weighted by Crippen LogP contribution is -2.56. The van der Waals surface area contributed by atoms with Crippen LogP contribution in [0.15, 0.2) is 67.5 Å². The number of hydrogen-bond acceptors (Lipinski definition) is 8. The lowest BCUT2D eigenvalue weighted by molar-refractivity contribution is -0.143. The molecule has 0 spiro atoms. The van der Waals surface area contributed by atoms with Crippen LogP contribution in [-0.2, 0) is 29.6 Å². The summed E-state index contributed by atoms with van der Waals surface area (Å²) in [5, 5.41) is 3.43. The summed E-state index contributed by atoms with van der Waals surface area (Å²) in [7, 11) is -7.44. The number of piperazine rings is 1. The number of carbonyl (C=O) groups excluding carboxylic acids is 2. The van der Waals surface area contributed by atoms with E-state index in [4.69, 9.17) is 0 Å². The van der Waals surface area contributed by atoms with Gasteiger partial charge in [0.25, 0.3) is 10.0 Å². The Morgan fingerprint density at radius 3 is 2.40 bits per heavy atom. The number of piperidine rings is 1. The zero-order valence-electron chi connectivity index (χ0n) is 24.7. The molecule has 4 heterocycles. The second-order valence-corrected chi connectivity index (χ2v) is 17.5. The smallest absolute Gasteiger partial charge is 0.252 e. The predicted molar refractivity (Wildman–Crippen MR) is 176 cm³/mol. The van der Waals surface area contributed by atoms with Crippen LogP contribution >= 0.6 is 27.3 Å². The first-order valence-corrected chi connectivity index (χ1v) is 19.7. The van der Waals surface area contributed by atoms with Crippen molar-refractivity contribution in [3.63, 3.8) is 0 Å². The molecule has 3 aliphatic heterocycles. The molecule has 1 N–H and O–H groups in total. The molecule has 45 heavy (non-hydrogen) atoms. The molecular weight excluding hydrogens is 702 g/mol. The third-order valence-electron chi connectivity index (χ3n) is 8.83. The minimum atomic E-state index is -3.96. The number of hydrogen-bond donors (Lipinski definition) is 1. The average molecular weight is 739 g/mol. The number of fused-ring (bicyclic) bond motifs is 1. The highest BCUT2D eigenvalue weighted by atomic mass is 79.9. The summed E-state index contributed by atoms with van der Waals surface area (Å²) in [5.74, 6) is -0.532. The highest BCUT2D eigenvalue weighted by Crippen LogP contribution is 2.26. The fourth-order valence-corrected chi connectivity index (χ4v) is 10.6. The van der Waals surface area contributed by atoms with Crippen molar-refractivity contribution in [2.24, 2.45) is 0 Å². The monoisotopic (exact) mass is 737 g/mol. The zero-order chi connectivity index (χ0) is 31.8. The van der Waals surface area contributed by atoms with E-state index < -0.39 is 26.1 Å². The van der Waals surface area contributed by atoms with Gasteiger partial charge in [-0.1, -0.05) is 34.1 Å². The van der Waals surface area contributed by atoms with Gasteiger partial charge in [0.2, 0.25) is 21.8 Å². The molecular formula is C30H36BrN5O6S3. The average Bonchev–Trinajstić information content (AvgIpc) is 3.73. The Kier molecular flexibility index (Phi) is 9.67. The van der Waals surface area contributed by atoms with Crippen LogP contribution in [0.4, 0.5) is 0 Å². The van der Waals surface area contributed by atoms with Crippen LogP contribution in [0.5, 0.6) is 0 Å². The largest absolute Gasteiger partial charge is 0.337 e. The molecule has 2 atom stereocenters. The molecule has 3 fully saturated rings. The van der Waals surface area contributed by atoms with Crippen LogP contribution in [0.2, 0.25) is 0 Å². The Balaban J connectivity index is 1.03. The van der Waals surface area contributed by atoms with E-state index in [1.807, 2.05) is 23.1 Å². The zero-order valence-corrected chi connectivity index (χ0v) is 28.7. The molecule has 2 amide bonds. The minimum absolute atomic E-state index is 0.0133. The summed E-state index contributed by atoms with van der Waals surface area (Å²) in [5.41, 5.74) is 0. The van der Waals surface area contributed by atoms with Crippen LogP contribution in [0.3, 0.4) is 0 Å². The highest BCUT2D eigenvalue weighted by Gasteiger charge is 2.37. The number of likely N-dealkylation sites (tertiary alicyclic amines) is 2. The molecule has 6 rings (SSSR count). The fourth-order valence-electron chi connectivity index (χ4n) is 6.42. The second kappa shape index (κ2) is 13.4. The number of rotatable bonds is 9. The van der Waals surface area contributed by atoms with Crippen molar-refractivity contribution >= 4 is 69.9 Å². The Bertz CT molecular complexity index is 1780. The second-order valence-electron chi connectivity index (χ2n) is 11.7. The lowest BCUT2D eigenvalue weighted by atomic mass is 10.1. The molecule has 0 radical (unpaired) electrons. The number of thiophene rings is 1. The molecule has 11 nitrogen and oxygen atoms in total. The van der Waals surface area contributed by atoms with Crippen molar-refractivity contribution in [1.29, 1.82) is 0 Å².